The first-order chi connectivity index (χ1) is 11.9. The van der Waals surface area contributed by atoms with Gasteiger partial charge in [-0.25, -0.2) is 4.98 Å². The number of nitro groups is 1. The summed E-state index contributed by atoms with van der Waals surface area (Å²) in [5.74, 6) is -0.438. The van der Waals surface area contributed by atoms with Crippen molar-refractivity contribution in [1.29, 1.82) is 0 Å². The van der Waals surface area contributed by atoms with Gasteiger partial charge in [-0.15, -0.1) is 0 Å². The monoisotopic (exact) mass is 397 g/mol. The number of anilines is 1. The van der Waals surface area contributed by atoms with Gasteiger partial charge in [-0.1, -0.05) is 0 Å². The summed E-state index contributed by atoms with van der Waals surface area (Å²) in [6, 6.07) is 0.446. The predicted molar refractivity (Wildman–Crippen MR) is 86.9 cm³/mol. The maximum absolute atomic E-state index is 13.3. The van der Waals surface area contributed by atoms with E-state index in [1.165, 1.54) is 23.3 Å². The van der Waals surface area contributed by atoms with E-state index in [2.05, 4.69) is 4.98 Å². The lowest BCUT2D eigenvalue weighted by Crippen LogP contribution is -2.42. The maximum atomic E-state index is 13.3. The summed E-state index contributed by atoms with van der Waals surface area (Å²) in [6.45, 7) is 0.274. The molecule has 13 heteroatoms. The van der Waals surface area contributed by atoms with Crippen molar-refractivity contribution in [1.82, 2.24) is 13.6 Å². The van der Waals surface area contributed by atoms with Gasteiger partial charge in [0.1, 0.15) is 17.6 Å². The van der Waals surface area contributed by atoms with Gasteiger partial charge < -0.3 is 4.90 Å². The Hall–Kier alpha value is -1.99. The highest BCUT2D eigenvalue weighted by atomic mass is 32.2. The van der Waals surface area contributed by atoms with Crippen LogP contribution in [0.25, 0.3) is 0 Å². The zero-order valence-electron chi connectivity index (χ0n) is 14.1. The zero-order valence-corrected chi connectivity index (χ0v) is 14.9. The molecule has 0 radical (unpaired) electrons. The van der Waals surface area contributed by atoms with Crippen LogP contribution < -0.4 is 4.90 Å². The van der Waals surface area contributed by atoms with Crippen LogP contribution in [0, 0.1) is 10.1 Å². The molecular formula is C13H18F3N5O4S. The first kappa shape index (κ1) is 20.3. The number of hydrogen-bond donors (Lipinski definition) is 0. The SMILES string of the molecule is CN(C)S(=O)(=O)N1CCCN(c2ncc([N+](=O)[O-])cc2C(F)(F)F)CC1. The molecule has 2 rings (SSSR count). The highest BCUT2D eigenvalue weighted by Gasteiger charge is 2.38. The molecule has 0 unspecified atom stereocenters. The Balaban J connectivity index is 2.33. The lowest BCUT2D eigenvalue weighted by Gasteiger charge is -2.26. The molecule has 146 valence electrons. The van der Waals surface area contributed by atoms with Crippen LogP contribution in [0.2, 0.25) is 0 Å². The van der Waals surface area contributed by atoms with Crippen molar-refractivity contribution in [3.8, 4) is 0 Å². The maximum Gasteiger partial charge on any atom is 0.420 e. The van der Waals surface area contributed by atoms with Crippen molar-refractivity contribution >= 4 is 21.7 Å². The minimum Gasteiger partial charge on any atom is -0.355 e. The van der Waals surface area contributed by atoms with E-state index in [0.717, 1.165) is 10.5 Å². The third-order valence-electron chi connectivity index (χ3n) is 3.91. The fourth-order valence-electron chi connectivity index (χ4n) is 2.57. The van der Waals surface area contributed by atoms with Crippen LogP contribution in [0.5, 0.6) is 0 Å². The van der Waals surface area contributed by atoms with Gasteiger partial charge >= 0.3 is 6.18 Å². The Labute approximate surface area is 148 Å². The van der Waals surface area contributed by atoms with Gasteiger partial charge in [0, 0.05) is 46.3 Å². The number of halogens is 3. The van der Waals surface area contributed by atoms with E-state index < -0.39 is 38.4 Å². The van der Waals surface area contributed by atoms with Crippen molar-refractivity contribution in [2.24, 2.45) is 0 Å². The summed E-state index contributed by atoms with van der Waals surface area (Å²) in [5.41, 5.74) is -1.97. The second-order valence-electron chi connectivity index (χ2n) is 5.85. The molecule has 1 aromatic rings. The van der Waals surface area contributed by atoms with Crippen LogP contribution in [-0.4, -0.2) is 67.2 Å². The Morgan fingerprint density at radius 3 is 2.42 bits per heavy atom. The smallest absolute Gasteiger partial charge is 0.355 e. The molecule has 0 amide bonds. The largest absolute Gasteiger partial charge is 0.420 e. The average Bonchev–Trinajstić information content (AvgIpc) is 2.79. The van der Waals surface area contributed by atoms with Crippen molar-refractivity contribution in [2.75, 3.05) is 45.2 Å². The van der Waals surface area contributed by atoms with Crippen LogP contribution in [0.1, 0.15) is 12.0 Å². The molecule has 0 aromatic carbocycles. The van der Waals surface area contributed by atoms with E-state index in [9.17, 15) is 31.7 Å². The van der Waals surface area contributed by atoms with Crippen LogP contribution in [0.3, 0.4) is 0 Å². The normalized spacial score (nSPS) is 17.4. The summed E-state index contributed by atoms with van der Waals surface area (Å²) in [5, 5.41) is 10.7. The van der Waals surface area contributed by atoms with Crippen LogP contribution in [0.15, 0.2) is 12.3 Å². The second kappa shape index (κ2) is 7.32. The van der Waals surface area contributed by atoms with E-state index in [4.69, 9.17) is 0 Å². The number of pyridine rings is 1. The molecule has 9 nitrogen and oxygen atoms in total. The Morgan fingerprint density at radius 1 is 1.23 bits per heavy atom. The molecule has 0 saturated carbocycles. The molecule has 1 saturated heterocycles. The van der Waals surface area contributed by atoms with Gasteiger partial charge in [0.05, 0.1) is 4.92 Å². The topological polar surface area (TPSA) is 99.9 Å². The molecule has 26 heavy (non-hydrogen) atoms. The molecule has 0 bridgehead atoms. The molecule has 1 aliphatic heterocycles. The predicted octanol–water partition coefficient (Wildman–Crippen LogP) is 1.33. The van der Waals surface area contributed by atoms with Gasteiger partial charge in [0.25, 0.3) is 15.9 Å². The van der Waals surface area contributed by atoms with E-state index in [1.807, 2.05) is 0 Å². The quantitative estimate of drug-likeness (QED) is 0.561. The van der Waals surface area contributed by atoms with Gasteiger partial charge in [0.15, 0.2) is 0 Å². The Kier molecular flexibility index (Phi) is 5.73. The summed E-state index contributed by atoms with van der Waals surface area (Å²) < 4.78 is 66.6. The van der Waals surface area contributed by atoms with Crippen LogP contribution >= 0.6 is 0 Å². The lowest BCUT2D eigenvalue weighted by atomic mass is 10.2. The van der Waals surface area contributed by atoms with Crippen LogP contribution in [0.4, 0.5) is 24.7 Å². The van der Waals surface area contributed by atoms with Crippen molar-refractivity contribution in [3.05, 3.63) is 27.9 Å². The lowest BCUT2D eigenvalue weighted by molar-refractivity contribution is -0.385. The van der Waals surface area contributed by atoms with Gasteiger partial charge in [0.2, 0.25) is 0 Å². The number of nitrogens with zero attached hydrogens (tertiary/aromatic N) is 5. The van der Waals surface area contributed by atoms with Crippen molar-refractivity contribution < 1.29 is 26.5 Å². The number of hydrogen-bond acceptors (Lipinski definition) is 6. The highest BCUT2D eigenvalue weighted by molar-refractivity contribution is 7.86. The number of alkyl halides is 3. The van der Waals surface area contributed by atoms with Crippen molar-refractivity contribution in [3.63, 3.8) is 0 Å². The molecule has 0 atom stereocenters. The molecular weight excluding hydrogens is 379 g/mol. The third-order valence-corrected chi connectivity index (χ3v) is 5.85. The first-order valence-electron chi connectivity index (χ1n) is 7.58. The Bertz CT molecular complexity index is 784. The van der Waals surface area contributed by atoms with Gasteiger partial charge in [-0.3, -0.25) is 10.1 Å². The van der Waals surface area contributed by atoms with Crippen molar-refractivity contribution in [2.45, 2.75) is 12.6 Å². The fraction of sp³-hybridized carbons (Fsp3) is 0.615. The van der Waals surface area contributed by atoms with Crippen LogP contribution in [-0.2, 0) is 16.4 Å². The number of rotatable bonds is 4. The van der Waals surface area contributed by atoms with E-state index >= 15 is 0 Å². The Morgan fingerprint density at radius 2 is 1.88 bits per heavy atom. The number of aromatic nitrogens is 1. The molecule has 2 heterocycles. The van der Waals surface area contributed by atoms with E-state index in [0.29, 0.717) is 12.5 Å². The molecule has 1 aliphatic rings. The molecule has 0 N–H and O–H groups in total. The fourth-order valence-corrected chi connectivity index (χ4v) is 3.71. The van der Waals surface area contributed by atoms with Gasteiger partial charge in [-0.05, 0) is 6.42 Å². The summed E-state index contributed by atoms with van der Waals surface area (Å²) in [4.78, 5) is 14.7. The highest BCUT2D eigenvalue weighted by Crippen LogP contribution is 2.37. The second-order valence-corrected chi connectivity index (χ2v) is 7.99. The minimum atomic E-state index is -4.82. The molecule has 0 aliphatic carbocycles. The third kappa shape index (κ3) is 4.22. The molecule has 0 spiro atoms. The molecule has 1 aromatic heterocycles. The first-order valence-corrected chi connectivity index (χ1v) is 8.98. The standard InChI is InChI=1S/C13H18F3N5O4S/c1-18(2)26(24,25)20-5-3-4-19(6-7-20)12-11(13(14,15)16)8-10(9-17-12)21(22)23/h8-9H,3-7H2,1-2H3. The van der Waals surface area contributed by atoms with E-state index in [-0.39, 0.29) is 26.2 Å². The van der Waals surface area contributed by atoms with Gasteiger partial charge in [-0.2, -0.15) is 30.2 Å². The summed E-state index contributed by atoms with van der Waals surface area (Å²) in [7, 11) is -0.932. The minimum absolute atomic E-state index is 0.0129. The average molecular weight is 397 g/mol. The molecule has 1 fully saturated rings. The van der Waals surface area contributed by atoms with E-state index in [1.54, 1.807) is 0 Å². The summed E-state index contributed by atoms with van der Waals surface area (Å²) >= 11 is 0. The zero-order chi connectivity index (χ0) is 19.7. The summed E-state index contributed by atoms with van der Waals surface area (Å²) in [6.07, 6.45) is -3.76.